The van der Waals surface area contributed by atoms with Crippen LogP contribution < -0.4 is 11.5 Å². The molecule has 0 atom stereocenters. The fraction of sp³-hybridized carbons (Fsp3) is 0.909. The van der Waals surface area contributed by atoms with Gasteiger partial charge in [0, 0.05) is 6.42 Å². The number of unbranched alkanes of at least 4 members (excludes halogenated alkanes) is 4. The van der Waals surface area contributed by atoms with Crippen molar-refractivity contribution >= 4 is 0 Å². The molecule has 0 saturated heterocycles. The van der Waals surface area contributed by atoms with Crippen LogP contribution in [0.5, 0.6) is 0 Å². The summed E-state index contributed by atoms with van der Waals surface area (Å²) in [5.41, 5.74) is 11.1. The van der Waals surface area contributed by atoms with Crippen molar-refractivity contribution in [1.29, 1.82) is 5.26 Å². The quantitative estimate of drug-likeness (QED) is 0.463. The Labute approximate surface area is 87.5 Å². The largest absolute Gasteiger partial charge is 0.313 e. The van der Waals surface area contributed by atoms with Gasteiger partial charge in [-0.05, 0) is 12.8 Å². The van der Waals surface area contributed by atoms with Crippen LogP contribution in [0, 0.1) is 11.3 Å². The van der Waals surface area contributed by atoms with Crippen LogP contribution in [0.2, 0.25) is 0 Å². The molecule has 0 rings (SSSR count). The second-order valence-electron chi connectivity index (χ2n) is 4.06. The van der Waals surface area contributed by atoms with Crippen molar-refractivity contribution in [3.63, 3.8) is 0 Å². The molecule has 0 spiro atoms. The predicted molar refractivity (Wildman–Crippen MR) is 59.3 cm³/mol. The number of rotatable bonds is 8. The van der Waals surface area contributed by atoms with E-state index < -0.39 is 5.66 Å². The summed E-state index contributed by atoms with van der Waals surface area (Å²) in [6, 6.07) is 2.07. The van der Waals surface area contributed by atoms with E-state index in [0.29, 0.717) is 12.8 Å². The summed E-state index contributed by atoms with van der Waals surface area (Å²) < 4.78 is 0. The first-order valence-electron chi connectivity index (χ1n) is 5.57. The van der Waals surface area contributed by atoms with Crippen LogP contribution in [0.1, 0.15) is 58.3 Å². The first-order valence-corrected chi connectivity index (χ1v) is 5.57. The maximum absolute atomic E-state index is 8.41. The number of nitrogens with two attached hydrogens (primary N) is 2. The van der Waals surface area contributed by atoms with Gasteiger partial charge in [-0.3, -0.25) is 0 Å². The molecule has 3 nitrogen and oxygen atoms in total. The molecule has 0 aromatic rings. The minimum atomic E-state index is -0.623. The standard InChI is InChI=1S/C11H23N3/c1-2-3-4-5-6-8-11(13,14)9-7-10-12/h2-9,13-14H2,1H3. The molecule has 0 saturated carbocycles. The van der Waals surface area contributed by atoms with Crippen LogP contribution in [0.3, 0.4) is 0 Å². The Kier molecular flexibility index (Phi) is 7.45. The average molecular weight is 197 g/mol. The second kappa shape index (κ2) is 7.78. The topological polar surface area (TPSA) is 75.8 Å². The van der Waals surface area contributed by atoms with Gasteiger partial charge in [-0.2, -0.15) is 5.26 Å². The highest BCUT2D eigenvalue weighted by atomic mass is 14.9. The van der Waals surface area contributed by atoms with Crippen molar-refractivity contribution in [3.05, 3.63) is 0 Å². The van der Waals surface area contributed by atoms with Crippen LogP contribution in [-0.4, -0.2) is 5.66 Å². The molecule has 0 aliphatic rings. The van der Waals surface area contributed by atoms with Gasteiger partial charge in [-0.15, -0.1) is 0 Å². The molecule has 0 heterocycles. The average Bonchev–Trinajstić information content (AvgIpc) is 2.15. The van der Waals surface area contributed by atoms with Gasteiger partial charge in [0.15, 0.2) is 0 Å². The number of nitriles is 1. The summed E-state index contributed by atoms with van der Waals surface area (Å²) in [4.78, 5) is 0. The molecule has 4 N–H and O–H groups in total. The van der Waals surface area contributed by atoms with Gasteiger partial charge in [-0.1, -0.05) is 39.0 Å². The van der Waals surface area contributed by atoms with Crippen LogP contribution >= 0.6 is 0 Å². The van der Waals surface area contributed by atoms with E-state index in [1.54, 1.807) is 0 Å². The first-order chi connectivity index (χ1) is 6.62. The summed E-state index contributed by atoms with van der Waals surface area (Å²) in [5, 5.41) is 8.41. The van der Waals surface area contributed by atoms with Crippen molar-refractivity contribution in [2.75, 3.05) is 0 Å². The summed E-state index contributed by atoms with van der Waals surface area (Å²) in [6.45, 7) is 2.20. The number of nitrogens with zero attached hydrogens (tertiary/aromatic N) is 1. The van der Waals surface area contributed by atoms with Crippen molar-refractivity contribution < 1.29 is 0 Å². The number of hydrogen-bond donors (Lipinski definition) is 2. The molecule has 0 aliphatic carbocycles. The molecule has 82 valence electrons. The van der Waals surface area contributed by atoms with Gasteiger partial charge in [0.1, 0.15) is 0 Å². The molecule has 3 heteroatoms. The molecule has 0 aromatic heterocycles. The smallest absolute Gasteiger partial charge is 0.0646 e. The third-order valence-corrected chi connectivity index (χ3v) is 2.45. The molecule has 0 fully saturated rings. The summed E-state index contributed by atoms with van der Waals surface area (Å²) >= 11 is 0. The minimum absolute atomic E-state index is 0.460. The van der Waals surface area contributed by atoms with E-state index in [1.165, 1.54) is 25.7 Å². The Morgan fingerprint density at radius 2 is 1.71 bits per heavy atom. The SMILES string of the molecule is CCCCCCCC(N)(N)CCC#N. The Balaban J connectivity index is 3.41. The monoisotopic (exact) mass is 197 g/mol. The summed E-state index contributed by atoms with van der Waals surface area (Å²) in [7, 11) is 0. The lowest BCUT2D eigenvalue weighted by molar-refractivity contribution is 0.365. The Hall–Kier alpha value is -0.590. The van der Waals surface area contributed by atoms with E-state index in [0.717, 1.165) is 12.8 Å². The third-order valence-electron chi connectivity index (χ3n) is 2.45. The van der Waals surface area contributed by atoms with Gasteiger partial charge < -0.3 is 11.5 Å². The maximum atomic E-state index is 8.41. The van der Waals surface area contributed by atoms with E-state index in [9.17, 15) is 0 Å². The van der Waals surface area contributed by atoms with E-state index in [1.807, 2.05) is 0 Å². The van der Waals surface area contributed by atoms with Crippen LogP contribution in [0.15, 0.2) is 0 Å². The highest BCUT2D eigenvalue weighted by Gasteiger charge is 2.17. The predicted octanol–water partition coefficient (Wildman–Crippen LogP) is 2.26. The van der Waals surface area contributed by atoms with Crippen molar-refractivity contribution in [2.24, 2.45) is 11.5 Å². The fourth-order valence-electron chi connectivity index (χ4n) is 1.47. The first kappa shape index (κ1) is 13.4. The van der Waals surface area contributed by atoms with Crippen molar-refractivity contribution in [2.45, 2.75) is 64.0 Å². The fourth-order valence-corrected chi connectivity index (χ4v) is 1.47. The minimum Gasteiger partial charge on any atom is -0.313 e. The van der Waals surface area contributed by atoms with E-state index >= 15 is 0 Å². The number of hydrogen-bond acceptors (Lipinski definition) is 3. The molecular formula is C11H23N3. The third kappa shape index (κ3) is 8.03. The van der Waals surface area contributed by atoms with Gasteiger partial charge in [-0.25, -0.2) is 0 Å². The lowest BCUT2D eigenvalue weighted by Crippen LogP contribution is -2.49. The van der Waals surface area contributed by atoms with Crippen LogP contribution in [-0.2, 0) is 0 Å². The molecule has 0 bridgehead atoms. The lowest BCUT2D eigenvalue weighted by Gasteiger charge is -2.23. The normalized spacial score (nSPS) is 11.3. The Bertz CT molecular complexity index is 170. The highest BCUT2D eigenvalue weighted by molar-refractivity contribution is 4.82. The van der Waals surface area contributed by atoms with Gasteiger partial charge in [0.05, 0.1) is 11.7 Å². The molecule has 0 amide bonds. The Morgan fingerprint density at radius 1 is 1.07 bits per heavy atom. The molecule has 0 aromatic carbocycles. The van der Waals surface area contributed by atoms with Gasteiger partial charge in [0.25, 0.3) is 0 Å². The molecule has 0 aliphatic heterocycles. The van der Waals surface area contributed by atoms with E-state index in [4.69, 9.17) is 16.7 Å². The van der Waals surface area contributed by atoms with E-state index in [-0.39, 0.29) is 0 Å². The Morgan fingerprint density at radius 3 is 2.29 bits per heavy atom. The molecule has 0 radical (unpaired) electrons. The second-order valence-corrected chi connectivity index (χ2v) is 4.06. The zero-order chi connectivity index (χ0) is 10.9. The molecule has 0 unspecified atom stereocenters. The molecular weight excluding hydrogens is 174 g/mol. The van der Waals surface area contributed by atoms with Gasteiger partial charge in [0.2, 0.25) is 0 Å². The van der Waals surface area contributed by atoms with Crippen molar-refractivity contribution in [3.8, 4) is 6.07 Å². The summed E-state index contributed by atoms with van der Waals surface area (Å²) in [5.74, 6) is 0. The maximum Gasteiger partial charge on any atom is 0.0646 e. The lowest BCUT2D eigenvalue weighted by atomic mass is 9.98. The van der Waals surface area contributed by atoms with Crippen LogP contribution in [0.4, 0.5) is 0 Å². The highest BCUT2D eigenvalue weighted by Crippen LogP contribution is 2.13. The molecule has 14 heavy (non-hydrogen) atoms. The zero-order valence-corrected chi connectivity index (χ0v) is 9.26. The van der Waals surface area contributed by atoms with Gasteiger partial charge >= 0.3 is 0 Å². The zero-order valence-electron chi connectivity index (χ0n) is 9.26. The van der Waals surface area contributed by atoms with Crippen molar-refractivity contribution in [1.82, 2.24) is 0 Å². The van der Waals surface area contributed by atoms with E-state index in [2.05, 4.69) is 13.0 Å². The summed E-state index contributed by atoms with van der Waals surface area (Å²) in [6.07, 6.45) is 8.00. The van der Waals surface area contributed by atoms with Crippen LogP contribution in [0.25, 0.3) is 0 Å².